The maximum absolute atomic E-state index is 12.0. The standard InChI is InChI=1S/C18H22ClNO3/c1-3-4-11-22-15-7-5-14(6-8-15)12-20-18(21)17-10-9-16(23-17)13(2)19/h5-10,13H,3-4,11-12H2,1-2H3,(H,20,21). The molecule has 0 aliphatic rings. The molecule has 0 radical (unpaired) electrons. The lowest BCUT2D eigenvalue weighted by Gasteiger charge is -2.07. The summed E-state index contributed by atoms with van der Waals surface area (Å²) in [5.41, 5.74) is 0.999. The van der Waals surface area contributed by atoms with E-state index in [2.05, 4.69) is 12.2 Å². The Labute approximate surface area is 141 Å². The van der Waals surface area contributed by atoms with Gasteiger partial charge in [0.15, 0.2) is 5.76 Å². The van der Waals surface area contributed by atoms with Crippen molar-refractivity contribution in [3.05, 3.63) is 53.5 Å². The van der Waals surface area contributed by atoms with Gasteiger partial charge in [0, 0.05) is 6.54 Å². The first-order valence-corrected chi connectivity index (χ1v) is 8.27. The predicted molar refractivity (Wildman–Crippen MR) is 91.0 cm³/mol. The third-order valence-corrected chi connectivity index (χ3v) is 3.60. The molecule has 1 aromatic carbocycles. The number of carbonyl (C=O) groups is 1. The van der Waals surface area contributed by atoms with E-state index in [9.17, 15) is 4.79 Å². The lowest BCUT2D eigenvalue weighted by Crippen LogP contribution is -2.22. The highest BCUT2D eigenvalue weighted by Gasteiger charge is 2.13. The fraction of sp³-hybridized carbons (Fsp3) is 0.389. The lowest BCUT2D eigenvalue weighted by molar-refractivity contribution is 0.0921. The van der Waals surface area contributed by atoms with E-state index in [1.807, 2.05) is 24.3 Å². The molecule has 1 heterocycles. The quantitative estimate of drug-likeness (QED) is 0.562. The van der Waals surface area contributed by atoms with E-state index in [0.717, 1.165) is 30.8 Å². The SMILES string of the molecule is CCCCOc1ccc(CNC(=O)c2ccc(C(C)Cl)o2)cc1. The summed E-state index contributed by atoms with van der Waals surface area (Å²) >= 11 is 5.92. The zero-order valence-electron chi connectivity index (χ0n) is 13.5. The highest BCUT2D eigenvalue weighted by Crippen LogP contribution is 2.21. The monoisotopic (exact) mass is 335 g/mol. The molecule has 1 N–H and O–H groups in total. The molecule has 2 rings (SSSR count). The van der Waals surface area contributed by atoms with E-state index in [0.29, 0.717) is 12.3 Å². The number of benzene rings is 1. The Balaban J connectivity index is 1.83. The van der Waals surface area contributed by atoms with E-state index < -0.39 is 0 Å². The molecule has 0 spiro atoms. The third kappa shape index (κ3) is 5.32. The molecular formula is C18H22ClNO3. The molecule has 2 aromatic rings. The number of halogens is 1. The molecule has 0 saturated heterocycles. The van der Waals surface area contributed by atoms with Crippen LogP contribution >= 0.6 is 11.6 Å². The zero-order valence-corrected chi connectivity index (χ0v) is 14.2. The molecule has 1 atom stereocenters. The number of rotatable bonds is 8. The molecule has 0 bridgehead atoms. The summed E-state index contributed by atoms with van der Waals surface area (Å²) in [6.45, 7) is 5.09. The molecule has 1 aromatic heterocycles. The van der Waals surface area contributed by atoms with Gasteiger partial charge in [0.1, 0.15) is 11.5 Å². The first-order chi connectivity index (χ1) is 11.1. The normalized spacial score (nSPS) is 12.0. The third-order valence-electron chi connectivity index (χ3n) is 3.39. The van der Waals surface area contributed by atoms with Crippen LogP contribution in [0.15, 0.2) is 40.8 Å². The van der Waals surface area contributed by atoms with Gasteiger partial charge in [-0.2, -0.15) is 0 Å². The van der Waals surface area contributed by atoms with Crippen LogP contribution in [0, 0.1) is 0 Å². The van der Waals surface area contributed by atoms with Crippen LogP contribution in [0.25, 0.3) is 0 Å². The number of hydrogen-bond donors (Lipinski definition) is 1. The average molecular weight is 336 g/mol. The Morgan fingerprint density at radius 2 is 2.00 bits per heavy atom. The number of amides is 1. The van der Waals surface area contributed by atoms with Crippen molar-refractivity contribution < 1.29 is 13.9 Å². The second kappa shape index (κ2) is 8.63. The van der Waals surface area contributed by atoms with Crippen LogP contribution < -0.4 is 10.1 Å². The number of nitrogens with one attached hydrogen (secondary N) is 1. The summed E-state index contributed by atoms with van der Waals surface area (Å²) in [7, 11) is 0. The molecule has 23 heavy (non-hydrogen) atoms. The van der Waals surface area contributed by atoms with Crippen LogP contribution in [0.1, 0.15) is 53.9 Å². The molecule has 124 valence electrons. The van der Waals surface area contributed by atoms with E-state index in [-0.39, 0.29) is 17.0 Å². The fourth-order valence-corrected chi connectivity index (χ4v) is 2.11. The van der Waals surface area contributed by atoms with Crippen molar-refractivity contribution in [3.8, 4) is 5.75 Å². The molecule has 0 aliphatic heterocycles. The smallest absolute Gasteiger partial charge is 0.287 e. The molecule has 5 heteroatoms. The van der Waals surface area contributed by atoms with Gasteiger partial charge in [-0.15, -0.1) is 11.6 Å². The zero-order chi connectivity index (χ0) is 16.7. The van der Waals surface area contributed by atoms with Crippen molar-refractivity contribution in [2.75, 3.05) is 6.61 Å². The number of hydrogen-bond acceptors (Lipinski definition) is 3. The van der Waals surface area contributed by atoms with Crippen molar-refractivity contribution in [2.45, 2.75) is 38.6 Å². The number of unbranched alkanes of at least 4 members (excludes halogenated alkanes) is 1. The average Bonchev–Trinajstić information content (AvgIpc) is 3.04. The Morgan fingerprint density at radius 3 is 2.61 bits per heavy atom. The fourth-order valence-electron chi connectivity index (χ4n) is 2.00. The summed E-state index contributed by atoms with van der Waals surface area (Å²) in [6, 6.07) is 11.1. The maximum Gasteiger partial charge on any atom is 0.287 e. The Morgan fingerprint density at radius 1 is 1.26 bits per heavy atom. The highest BCUT2D eigenvalue weighted by atomic mass is 35.5. The number of alkyl halides is 1. The van der Waals surface area contributed by atoms with Crippen LogP contribution in [-0.4, -0.2) is 12.5 Å². The van der Waals surface area contributed by atoms with E-state index in [1.54, 1.807) is 19.1 Å². The van der Waals surface area contributed by atoms with Crippen molar-refractivity contribution in [2.24, 2.45) is 0 Å². The van der Waals surface area contributed by atoms with Crippen LogP contribution in [0.2, 0.25) is 0 Å². The Hall–Kier alpha value is -1.94. The van der Waals surface area contributed by atoms with Crippen molar-refractivity contribution in [3.63, 3.8) is 0 Å². The predicted octanol–water partition coefficient (Wildman–Crippen LogP) is 4.69. The van der Waals surface area contributed by atoms with E-state index in [1.165, 1.54) is 0 Å². The van der Waals surface area contributed by atoms with Gasteiger partial charge in [-0.3, -0.25) is 4.79 Å². The van der Waals surface area contributed by atoms with Gasteiger partial charge in [-0.1, -0.05) is 25.5 Å². The highest BCUT2D eigenvalue weighted by molar-refractivity contribution is 6.20. The van der Waals surface area contributed by atoms with Crippen molar-refractivity contribution >= 4 is 17.5 Å². The second-order valence-electron chi connectivity index (χ2n) is 5.35. The minimum atomic E-state index is -0.253. The summed E-state index contributed by atoms with van der Waals surface area (Å²) < 4.78 is 11.0. The van der Waals surface area contributed by atoms with E-state index in [4.69, 9.17) is 20.8 Å². The van der Waals surface area contributed by atoms with Crippen LogP contribution in [0.5, 0.6) is 5.75 Å². The lowest BCUT2D eigenvalue weighted by atomic mass is 10.2. The summed E-state index contributed by atoms with van der Waals surface area (Å²) in [5.74, 6) is 1.45. The number of furan rings is 1. The minimum Gasteiger partial charge on any atom is -0.494 e. The summed E-state index contributed by atoms with van der Waals surface area (Å²) in [6.07, 6.45) is 2.16. The van der Waals surface area contributed by atoms with Crippen molar-refractivity contribution in [1.82, 2.24) is 5.32 Å². The van der Waals surface area contributed by atoms with Crippen LogP contribution in [0.4, 0.5) is 0 Å². The molecule has 1 unspecified atom stereocenters. The van der Waals surface area contributed by atoms with Gasteiger partial charge in [0.25, 0.3) is 5.91 Å². The summed E-state index contributed by atoms with van der Waals surface area (Å²) in [4.78, 5) is 12.0. The summed E-state index contributed by atoms with van der Waals surface area (Å²) in [5, 5.41) is 2.57. The molecular weight excluding hydrogens is 314 g/mol. The number of ether oxygens (including phenoxy) is 1. The van der Waals surface area contributed by atoms with Gasteiger partial charge in [0.2, 0.25) is 0 Å². The first kappa shape index (κ1) is 17.4. The van der Waals surface area contributed by atoms with Crippen molar-refractivity contribution in [1.29, 1.82) is 0 Å². The molecule has 0 saturated carbocycles. The minimum absolute atomic E-state index is 0.253. The second-order valence-corrected chi connectivity index (χ2v) is 6.00. The molecule has 4 nitrogen and oxygen atoms in total. The Kier molecular flexibility index (Phi) is 6.53. The van der Waals surface area contributed by atoms with Gasteiger partial charge in [0.05, 0.1) is 12.0 Å². The first-order valence-electron chi connectivity index (χ1n) is 7.84. The molecule has 0 aliphatic carbocycles. The van der Waals surface area contributed by atoms with Crippen LogP contribution in [-0.2, 0) is 6.54 Å². The largest absolute Gasteiger partial charge is 0.494 e. The van der Waals surface area contributed by atoms with Gasteiger partial charge < -0.3 is 14.5 Å². The number of carbonyl (C=O) groups excluding carboxylic acids is 1. The van der Waals surface area contributed by atoms with Gasteiger partial charge in [-0.05, 0) is 43.2 Å². The van der Waals surface area contributed by atoms with Crippen LogP contribution in [0.3, 0.4) is 0 Å². The molecule has 0 fully saturated rings. The Bertz CT molecular complexity index is 619. The topological polar surface area (TPSA) is 51.5 Å². The van der Waals surface area contributed by atoms with Gasteiger partial charge >= 0.3 is 0 Å². The van der Waals surface area contributed by atoms with Gasteiger partial charge in [-0.25, -0.2) is 0 Å². The molecule has 1 amide bonds. The van der Waals surface area contributed by atoms with E-state index >= 15 is 0 Å². The maximum atomic E-state index is 12.0.